The molecule has 0 radical (unpaired) electrons. The Morgan fingerprint density at radius 2 is 2.30 bits per heavy atom. The predicted octanol–water partition coefficient (Wildman–Crippen LogP) is 0.958. The van der Waals surface area contributed by atoms with Crippen molar-refractivity contribution in [2.45, 2.75) is 31.7 Å². The topological polar surface area (TPSA) is 76.1 Å². The molecule has 1 aromatic heterocycles. The first-order valence-corrected chi connectivity index (χ1v) is 6.72. The predicted molar refractivity (Wildman–Crippen MR) is 65.5 cm³/mol. The van der Waals surface area contributed by atoms with Crippen LogP contribution in [0.4, 0.5) is 18.3 Å². The summed E-state index contributed by atoms with van der Waals surface area (Å²) >= 11 is 0.711. The molecule has 0 bridgehead atoms. The van der Waals surface area contributed by atoms with Crippen LogP contribution in [0.2, 0.25) is 0 Å². The van der Waals surface area contributed by atoms with Gasteiger partial charge in [0, 0.05) is 6.54 Å². The van der Waals surface area contributed by atoms with Crippen LogP contribution < -0.4 is 10.6 Å². The van der Waals surface area contributed by atoms with E-state index in [1.165, 1.54) is 0 Å². The van der Waals surface area contributed by atoms with Crippen LogP contribution in [0.3, 0.4) is 0 Å². The van der Waals surface area contributed by atoms with Crippen LogP contribution in [0.1, 0.15) is 11.9 Å². The molecule has 0 spiro atoms. The van der Waals surface area contributed by atoms with E-state index in [-0.39, 0.29) is 16.2 Å². The van der Waals surface area contributed by atoms with Crippen LogP contribution in [0.15, 0.2) is 0 Å². The van der Waals surface area contributed by atoms with Gasteiger partial charge < -0.3 is 10.1 Å². The lowest BCUT2D eigenvalue weighted by Crippen LogP contribution is -2.53. The van der Waals surface area contributed by atoms with Gasteiger partial charge in [-0.3, -0.25) is 10.1 Å². The quantitative estimate of drug-likeness (QED) is 0.869. The minimum Gasteiger partial charge on any atom is -0.375 e. The number of alkyl halides is 3. The van der Waals surface area contributed by atoms with Crippen molar-refractivity contribution in [3.63, 3.8) is 0 Å². The van der Waals surface area contributed by atoms with E-state index >= 15 is 0 Å². The molecule has 1 fully saturated rings. The molecule has 112 valence electrons. The molecule has 1 aliphatic rings. The molecule has 1 saturated heterocycles. The van der Waals surface area contributed by atoms with Crippen molar-refractivity contribution in [1.29, 1.82) is 0 Å². The summed E-state index contributed by atoms with van der Waals surface area (Å²) in [5.74, 6) is -0.396. The monoisotopic (exact) mass is 310 g/mol. The van der Waals surface area contributed by atoms with Crippen molar-refractivity contribution in [3.05, 3.63) is 5.01 Å². The average molecular weight is 310 g/mol. The standard InChI is InChI=1S/C10H13F3N4O2S/c1-5-7(14-2-3-19-5)8(18)15-9-17-16-6(20-9)4-10(11,12)13/h5,7,14H,2-4H2,1H3,(H,15,17,18)/t5-,7+/m1/s1. The van der Waals surface area contributed by atoms with Gasteiger partial charge in [-0.2, -0.15) is 13.2 Å². The van der Waals surface area contributed by atoms with E-state index in [4.69, 9.17) is 4.74 Å². The summed E-state index contributed by atoms with van der Waals surface area (Å²) in [6, 6.07) is -0.557. The van der Waals surface area contributed by atoms with Crippen molar-refractivity contribution < 1.29 is 22.7 Å². The van der Waals surface area contributed by atoms with Gasteiger partial charge >= 0.3 is 6.18 Å². The van der Waals surface area contributed by atoms with E-state index in [1.807, 2.05) is 0 Å². The minimum absolute atomic E-state index is 0.0498. The van der Waals surface area contributed by atoms with E-state index in [0.29, 0.717) is 24.5 Å². The molecule has 1 aromatic rings. The minimum atomic E-state index is -4.34. The number of morpholine rings is 1. The molecule has 2 heterocycles. The van der Waals surface area contributed by atoms with E-state index < -0.39 is 24.5 Å². The molecule has 0 saturated carbocycles. The summed E-state index contributed by atoms with van der Waals surface area (Å²) in [5, 5.41) is 12.2. The number of nitrogens with one attached hydrogen (secondary N) is 2. The summed E-state index contributed by atoms with van der Waals surface area (Å²) in [6.45, 7) is 2.79. The molecule has 6 nitrogen and oxygen atoms in total. The van der Waals surface area contributed by atoms with Gasteiger partial charge in [0.2, 0.25) is 11.0 Å². The fourth-order valence-corrected chi connectivity index (χ4v) is 2.53. The van der Waals surface area contributed by atoms with Gasteiger partial charge in [-0.15, -0.1) is 10.2 Å². The second-order valence-electron chi connectivity index (χ2n) is 4.29. The smallest absolute Gasteiger partial charge is 0.375 e. The normalized spacial score (nSPS) is 23.6. The molecule has 1 aliphatic heterocycles. The molecule has 0 aromatic carbocycles. The van der Waals surface area contributed by atoms with Crippen LogP contribution in [0.5, 0.6) is 0 Å². The first-order chi connectivity index (χ1) is 9.35. The third-order valence-corrected chi connectivity index (χ3v) is 3.49. The zero-order chi connectivity index (χ0) is 14.8. The Morgan fingerprint density at radius 1 is 1.55 bits per heavy atom. The number of anilines is 1. The lowest BCUT2D eigenvalue weighted by atomic mass is 10.1. The van der Waals surface area contributed by atoms with Crippen molar-refractivity contribution >= 4 is 22.4 Å². The maximum Gasteiger partial charge on any atom is 0.395 e. The SMILES string of the molecule is C[C@H]1OCCN[C@@H]1C(=O)Nc1nnc(CC(F)(F)F)s1. The Bertz CT molecular complexity index is 479. The third kappa shape index (κ3) is 4.12. The van der Waals surface area contributed by atoms with Gasteiger partial charge in [-0.05, 0) is 6.92 Å². The maximum atomic E-state index is 12.2. The molecule has 20 heavy (non-hydrogen) atoms. The summed E-state index contributed by atoms with van der Waals surface area (Å²) in [5.41, 5.74) is 0. The molecule has 10 heteroatoms. The first kappa shape index (κ1) is 15.1. The van der Waals surface area contributed by atoms with Crippen LogP contribution in [-0.4, -0.2) is 47.6 Å². The molecule has 0 aliphatic carbocycles. The average Bonchev–Trinajstić information content (AvgIpc) is 2.74. The van der Waals surface area contributed by atoms with Crippen molar-refractivity contribution in [2.75, 3.05) is 18.5 Å². The molecule has 2 rings (SSSR count). The van der Waals surface area contributed by atoms with E-state index in [9.17, 15) is 18.0 Å². The van der Waals surface area contributed by atoms with Crippen molar-refractivity contribution in [1.82, 2.24) is 15.5 Å². The number of amides is 1. The Hall–Kier alpha value is -1.26. The number of rotatable bonds is 3. The number of carbonyl (C=O) groups is 1. The van der Waals surface area contributed by atoms with E-state index in [1.54, 1.807) is 6.92 Å². The zero-order valence-electron chi connectivity index (χ0n) is 10.5. The second kappa shape index (κ2) is 6.02. The number of aromatic nitrogens is 2. The van der Waals surface area contributed by atoms with Gasteiger partial charge in [0.1, 0.15) is 11.0 Å². The fraction of sp³-hybridized carbons (Fsp3) is 0.700. The lowest BCUT2D eigenvalue weighted by molar-refractivity contribution is -0.127. The van der Waals surface area contributed by atoms with Crippen LogP contribution in [0.25, 0.3) is 0 Å². The summed E-state index contributed by atoms with van der Waals surface area (Å²) in [4.78, 5) is 11.9. The van der Waals surface area contributed by atoms with Gasteiger partial charge in [0.15, 0.2) is 0 Å². The van der Waals surface area contributed by atoms with Crippen LogP contribution >= 0.6 is 11.3 Å². The Balaban J connectivity index is 1.94. The molecule has 1 amide bonds. The van der Waals surface area contributed by atoms with Crippen LogP contribution in [-0.2, 0) is 16.0 Å². The van der Waals surface area contributed by atoms with Gasteiger partial charge in [-0.1, -0.05) is 11.3 Å². The largest absolute Gasteiger partial charge is 0.395 e. The van der Waals surface area contributed by atoms with Gasteiger partial charge in [-0.25, -0.2) is 0 Å². The molecule has 2 atom stereocenters. The highest BCUT2D eigenvalue weighted by Crippen LogP contribution is 2.25. The highest BCUT2D eigenvalue weighted by molar-refractivity contribution is 7.15. The third-order valence-electron chi connectivity index (χ3n) is 2.65. The number of hydrogen-bond acceptors (Lipinski definition) is 6. The Kier molecular flexibility index (Phi) is 4.55. The van der Waals surface area contributed by atoms with Crippen LogP contribution in [0, 0.1) is 0 Å². The summed E-state index contributed by atoms with van der Waals surface area (Å²) < 4.78 is 41.9. The Labute approximate surface area is 116 Å². The van der Waals surface area contributed by atoms with Crippen molar-refractivity contribution in [2.24, 2.45) is 0 Å². The number of halogens is 3. The number of ether oxygens (including phenoxy) is 1. The Morgan fingerprint density at radius 3 is 2.95 bits per heavy atom. The maximum absolute atomic E-state index is 12.2. The number of carbonyl (C=O) groups excluding carboxylic acids is 1. The van der Waals surface area contributed by atoms with E-state index in [2.05, 4.69) is 20.8 Å². The van der Waals surface area contributed by atoms with Gasteiger partial charge in [0.05, 0.1) is 19.1 Å². The highest BCUT2D eigenvalue weighted by Gasteiger charge is 2.31. The van der Waals surface area contributed by atoms with Gasteiger partial charge in [0.25, 0.3) is 0 Å². The zero-order valence-corrected chi connectivity index (χ0v) is 11.3. The summed E-state index contributed by atoms with van der Waals surface area (Å²) in [7, 11) is 0. The lowest BCUT2D eigenvalue weighted by Gasteiger charge is -2.28. The van der Waals surface area contributed by atoms with Crippen molar-refractivity contribution in [3.8, 4) is 0 Å². The molecule has 0 unspecified atom stereocenters. The fourth-order valence-electron chi connectivity index (χ4n) is 1.76. The number of nitrogens with zero attached hydrogens (tertiary/aromatic N) is 2. The first-order valence-electron chi connectivity index (χ1n) is 5.90. The molecular formula is C10H13F3N4O2S. The molecule has 2 N–H and O–H groups in total. The number of hydrogen-bond donors (Lipinski definition) is 2. The second-order valence-corrected chi connectivity index (χ2v) is 5.35. The molecular weight excluding hydrogens is 297 g/mol. The summed E-state index contributed by atoms with van der Waals surface area (Å²) in [6.07, 6.45) is -5.80. The van der Waals surface area contributed by atoms with E-state index in [0.717, 1.165) is 0 Å². The highest BCUT2D eigenvalue weighted by atomic mass is 32.1.